The smallest absolute Gasteiger partial charge is 0.263 e. The van der Waals surface area contributed by atoms with Crippen molar-refractivity contribution in [3.63, 3.8) is 0 Å². The van der Waals surface area contributed by atoms with Crippen LogP contribution in [0.3, 0.4) is 0 Å². The Hall–Kier alpha value is -1.44. The number of sulfonamides is 2. The molecule has 0 saturated heterocycles. The molecule has 0 unspecified atom stereocenters. The van der Waals surface area contributed by atoms with Crippen LogP contribution in [0.4, 0.5) is 11.4 Å². The number of anilines is 2. The van der Waals surface area contributed by atoms with E-state index in [0.29, 0.717) is 8.95 Å². The van der Waals surface area contributed by atoms with Crippen LogP contribution in [0.1, 0.15) is 0 Å². The lowest BCUT2D eigenvalue weighted by Gasteiger charge is -2.12. The number of hydrogen-bond donors (Lipinski definition) is 2. The largest absolute Gasteiger partial charge is 0.280 e. The summed E-state index contributed by atoms with van der Waals surface area (Å²) < 4.78 is 55.6. The number of hydrogen-bond acceptors (Lipinski definition) is 6. The van der Waals surface area contributed by atoms with Gasteiger partial charge in [0.25, 0.3) is 20.0 Å². The van der Waals surface area contributed by atoms with E-state index < -0.39 is 20.0 Å². The first-order chi connectivity index (χ1) is 14.0. The summed E-state index contributed by atoms with van der Waals surface area (Å²) in [4.78, 5) is 7.33. The van der Waals surface area contributed by atoms with E-state index in [2.05, 4.69) is 51.3 Å². The Bertz CT molecular complexity index is 1240. The van der Waals surface area contributed by atoms with Gasteiger partial charge in [-0.2, -0.15) is 0 Å². The predicted molar refractivity (Wildman–Crippen MR) is 122 cm³/mol. The maximum Gasteiger partial charge on any atom is 0.263 e. The summed E-state index contributed by atoms with van der Waals surface area (Å²) in [6.07, 6.45) is 2.21. The lowest BCUT2D eigenvalue weighted by molar-refractivity contribution is 0.599. The second-order valence-corrected chi connectivity index (χ2v) is 11.5. The molecule has 0 aliphatic carbocycles. The molecule has 0 aliphatic rings. The van der Waals surface area contributed by atoms with Crippen LogP contribution in [-0.4, -0.2) is 26.8 Å². The molecule has 3 aromatic rings. The first-order valence-electron chi connectivity index (χ1n) is 7.76. The quantitative estimate of drug-likeness (QED) is 0.380. The first kappa shape index (κ1) is 23.2. The monoisotopic (exact) mass is 614 g/mol. The average Bonchev–Trinajstić information content (AvgIpc) is 2.65. The molecule has 0 atom stereocenters. The molecule has 0 fully saturated rings. The Morgan fingerprint density at radius 1 is 0.733 bits per heavy atom. The fourth-order valence-corrected chi connectivity index (χ4v) is 5.42. The molecule has 1 aromatic carbocycles. The number of benzene rings is 1. The Kier molecular flexibility index (Phi) is 6.94. The lowest BCUT2D eigenvalue weighted by atomic mass is 10.3. The van der Waals surface area contributed by atoms with Crippen molar-refractivity contribution in [3.05, 3.63) is 68.0 Å². The zero-order valence-electron chi connectivity index (χ0n) is 14.5. The molecule has 0 bridgehead atoms. The van der Waals surface area contributed by atoms with Gasteiger partial charge in [-0.05, 0) is 62.2 Å². The number of aromatic nitrogens is 2. The molecule has 14 heteroatoms. The van der Waals surface area contributed by atoms with Crippen molar-refractivity contribution in [3.8, 4) is 0 Å². The zero-order chi connectivity index (χ0) is 22.1. The molecule has 8 nitrogen and oxygen atoms in total. The standard InChI is InChI=1S/C16H10Br2Cl2N4O4S2/c17-13-5-11(7-21-15(13)19)29(25,26)23-9-2-1-3-10(4-9)24-30(27,28)12-6-14(18)16(20)22-8-12/h1-8,23-24H. The minimum absolute atomic E-state index is 0.119. The van der Waals surface area contributed by atoms with Crippen LogP contribution in [0.15, 0.2) is 67.5 Å². The summed E-state index contributed by atoms with van der Waals surface area (Å²) in [5.74, 6) is 0. The number of nitrogens with one attached hydrogen (secondary N) is 2. The molecule has 30 heavy (non-hydrogen) atoms. The van der Waals surface area contributed by atoms with Gasteiger partial charge in [-0.25, -0.2) is 26.8 Å². The highest BCUT2D eigenvalue weighted by Gasteiger charge is 2.19. The van der Waals surface area contributed by atoms with E-state index in [1.165, 1.54) is 36.4 Å². The third kappa shape index (κ3) is 5.42. The zero-order valence-corrected chi connectivity index (χ0v) is 20.8. The molecule has 2 heterocycles. The Morgan fingerprint density at radius 3 is 1.50 bits per heavy atom. The van der Waals surface area contributed by atoms with Gasteiger partial charge in [0.2, 0.25) is 0 Å². The van der Waals surface area contributed by atoms with E-state index >= 15 is 0 Å². The summed E-state index contributed by atoms with van der Waals surface area (Å²) in [7, 11) is -7.97. The van der Waals surface area contributed by atoms with Gasteiger partial charge in [0.15, 0.2) is 0 Å². The van der Waals surface area contributed by atoms with E-state index in [1.807, 2.05) is 0 Å². The van der Waals surface area contributed by atoms with Crippen LogP contribution in [0.5, 0.6) is 0 Å². The molecule has 0 spiro atoms. The van der Waals surface area contributed by atoms with Gasteiger partial charge in [0.1, 0.15) is 20.1 Å². The van der Waals surface area contributed by atoms with Crippen molar-refractivity contribution in [2.75, 3.05) is 9.44 Å². The summed E-state index contributed by atoms with van der Waals surface area (Å²) in [6.45, 7) is 0. The molecule has 0 saturated carbocycles. The Morgan fingerprint density at radius 2 is 1.13 bits per heavy atom. The van der Waals surface area contributed by atoms with Crippen LogP contribution >= 0.6 is 55.1 Å². The molecular weight excluding hydrogens is 607 g/mol. The van der Waals surface area contributed by atoms with Gasteiger partial charge in [0, 0.05) is 12.4 Å². The van der Waals surface area contributed by atoms with Crippen molar-refractivity contribution in [2.45, 2.75) is 9.79 Å². The number of pyridine rings is 2. The molecule has 2 N–H and O–H groups in total. The van der Waals surface area contributed by atoms with Crippen LogP contribution < -0.4 is 9.44 Å². The van der Waals surface area contributed by atoms with Crippen LogP contribution in [0, 0.1) is 0 Å². The third-order valence-corrected chi connectivity index (χ3v) is 8.49. The van der Waals surface area contributed by atoms with E-state index in [1.54, 1.807) is 0 Å². The molecule has 158 valence electrons. The lowest BCUT2D eigenvalue weighted by Crippen LogP contribution is -2.15. The highest BCUT2D eigenvalue weighted by atomic mass is 79.9. The summed E-state index contributed by atoms with van der Waals surface area (Å²) in [5, 5.41) is 0.238. The molecular formula is C16H10Br2Cl2N4O4S2. The second-order valence-electron chi connectivity index (χ2n) is 5.68. The van der Waals surface area contributed by atoms with Crippen LogP contribution in [-0.2, 0) is 20.0 Å². The Balaban J connectivity index is 1.85. The van der Waals surface area contributed by atoms with Crippen molar-refractivity contribution < 1.29 is 16.8 Å². The van der Waals surface area contributed by atoms with Gasteiger partial charge in [-0.3, -0.25) is 9.44 Å². The van der Waals surface area contributed by atoms with Gasteiger partial charge in [-0.1, -0.05) is 29.3 Å². The van der Waals surface area contributed by atoms with Crippen molar-refractivity contribution in [1.29, 1.82) is 0 Å². The fraction of sp³-hybridized carbons (Fsp3) is 0. The molecule has 0 radical (unpaired) electrons. The van der Waals surface area contributed by atoms with Gasteiger partial charge in [-0.15, -0.1) is 0 Å². The minimum atomic E-state index is -3.98. The van der Waals surface area contributed by atoms with Crippen molar-refractivity contribution in [2.24, 2.45) is 0 Å². The predicted octanol–water partition coefficient (Wildman–Crippen LogP) is 4.91. The molecule has 0 amide bonds. The number of nitrogens with zero attached hydrogens (tertiary/aromatic N) is 2. The van der Waals surface area contributed by atoms with Gasteiger partial charge < -0.3 is 0 Å². The highest BCUT2D eigenvalue weighted by molar-refractivity contribution is 9.10. The molecule has 0 aliphatic heterocycles. The topological polar surface area (TPSA) is 118 Å². The maximum absolute atomic E-state index is 12.6. The summed E-state index contributed by atoms with van der Waals surface area (Å²) in [5.41, 5.74) is 0.272. The summed E-state index contributed by atoms with van der Waals surface area (Å²) in [6, 6.07) is 8.35. The maximum atomic E-state index is 12.6. The minimum Gasteiger partial charge on any atom is -0.280 e. The number of halogens is 4. The van der Waals surface area contributed by atoms with E-state index in [-0.39, 0.29) is 31.5 Å². The summed E-state index contributed by atoms with van der Waals surface area (Å²) >= 11 is 17.8. The van der Waals surface area contributed by atoms with E-state index in [0.717, 1.165) is 12.4 Å². The number of rotatable bonds is 6. The van der Waals surface area contributed by atoms with Crippen LogP contribution in [0.2, 0.25) is 10.3 Å². The first-order valence-corrected chi connectivity index (χ1v) is 13.1. The van der Waals surface area contributed by atoms with Gasteiger partial charge in [0.05, 0.1) is 20.3 Å². The highest BCUT2D eigenvalue weighted by Crippen LogP contribution is 2.27. The van der Waals surface area contributed by atoms with Gasteiger partial charge >= 0.3 is 0 Å². The van der Waals surface area contributed by atoms with Crippen molar-refractivity contribution >= 4 is 86.5 Å². The van der Waals surface area contributed by atoms with Crippen molar-refractivity contribution in [1.82, 2.24) is 9.97 Å². The molecule has 3 rings (SSSR count). The third-order valence-electron chi connectivity index (χ3n) is 3.53. The second kappa shape index (κ2) is 8.97. The SMILES string of the molecule is O=S(=O)(Nc1cccc(NS(=O)(=O)c2cnc(Cl)c(Br)c2)c1)c1cnc(Cl)c(Br)c1. The van der Waals surface area contributed by atoms with E-state index in [9.17, 15) is 16.8 Å². The average molecular weight is 617 g/mol. The normalized spacial score (nSPS) is 11.9. The molecule has 2 aromatic heterocycles. The fourth-order valence-electron chi connectivity index (χ4n) is 2.18. The Labute approximate surface area is 199 Å². The van der Waals surface area contributed by atoms with Crippen LogP contribution in [0.25, 0.3) is 0 Å². The van der Waals surface area contributed by atoms with E-state index in [4.69, 9.17) is 23.2 Å².